The first-order valence-corrected chi connectivity index (χ1v) is 6.52. The maximum Gasteiger partial charge on any atom is 0.303 e. The second kappa shape index (κ2) is 6.89. The Kier molecular flexibility index (Phi) is 5.81. The van der Waals surface area contributed by atoms with E-state index in [2.05, 4.69) is 18.7 Å². The van der Waals surface area contributed by atoms with Gasteiger partial charge < -0.3 is 10.0 Å². The molecule has 0 bridgehead atoms. The van der Waals surface area contributed by atoms with E-state index in [1.54, 1.807) is 0 Å². The van der Waals surface area contributed by atoms with Gasteiger partial charge in [0.25, 0.3) is 0 Å². The van der Waals surface area contributed by atoms with Gasteiger partial charge in [0.05, 0.1) is 0 Å². The SMILES string of the molecule is CC(C)CC1CCN(CCCCC(=O)O)C1. The number of hydrogen-bond donors (Lipinski definition) is 1. The van der Waals surface area contributed by atoms with Crippen molar-refractivity contribution in [3.8, 4) is 0 Å². The Morgan fingerprint density at radius 2 is 2.19 bits per heavy atom. The van der Waals surface area contributed by atoms with E-state index in [1.807, 2.05) is 0 Å². The van der Waals surface area contributed by atoms with Crippen molar-refractivity contribution in [1.82, 2.24) is 4.90 Å². The minimum atomic E-state index is -0.667. The molecule has 1 rings (SSSR count). The highest BCUT2D eigenvalue weighted by Gasteiger charge is 2.22. The van der Waals surface area contributed by atoms with Crippen molar-refractivity contribution < 1.29 is 9.90 Å². The molecular formula is C13H25NO2. The number of carbonyl (C=O) groups is 1. The van der Waals surface area contributed by atoms with E-state index in [1.165, 1.54) is 25.9 Å². The molecule has 1 N–H and O–H groups in total. The van der Waals surface area contributed by atoms with Gasteiger partial charge in [-0.3, -0.25) is 4.79 Å². The fourth-order valence-corrected chi connectivity index (χ4v) is 2.59. The average molecular weight is 227 g/mol. The molecule has 0 radical (unpaired) electrons. The predicted molar refractivity (Wildman–Crippen MR) is 65.5 cm³/mol. The zero-order chi connectivity index (χ0) is 12.0. The summed E-state index contributed by atoms with van der Waals surface area (Å²) in [5.74, 6) is 1.01. The van der Waals surface area contributed by atoms with Gasteiger partial charge in [0.1, 0.15) is 0 Å². The number of carboxylic acid groups (broad SMARTS) is 1. The molecule has 0 aromatic rings. The Balaban J connectivity index is 2.05. The van der Waals surface area contributed by atoms with Crippen LogP contribution in [0.25, 0.3) is 0 Å². The molecule has 0 aliphatic carbocycles. The average Bonchev–Trinajstić information content (AvgIpc) is 2.59. The first-order valence-electron chi connectivity index (χ1n) is 6.52. The second-order valence-corrected chi connectivity index (χ2v) is 5.44. The standard InChI is InChI=1S/C13H25NO2/c1-11(2)9-12-6-8-14(10-12)7-4-3-5-13(15)16/h11-12H,3-10H2,1-2H3,(H,15,16). The van der Waals surface area contributed by atoms with Gasteiger partial charge in [-0.2, -0.15) is 0 Å². The van der Waals surface area contributed by atoms with Crippen molar-refractivity contribution in [2.75, 3.05) is 19.6 Å². The summed E-state index contributed by atoms with van der Waals surface area (Å²) >= 11 is 0. The molecule has 0 aromatic heterocycles. The first kappa shape index (κ1) is 13.5. The summed E-state index contributed by atoms with van der Waals surface area (Å²) in [5.41, 5.74) is 0. The molecule has 1 unspecified atom stereocenters. The van der Waals surface area contributed by atoms with Crippen molar-refractivity contribution in [3.05, 3.63) is 0 Å². The molecule has 0 aromatic carbocycles. The summed E-state index contributed by atoms with van der Waals surface area (Å²) in [6.45, 7) is 8.10. The Bertz CT molecular complexity index is 216. The topological polar surface area (TPSA) is 40.5 Å². The Hall–Kier alpha value is -0.570. The van der Waals surface area contributed by atoms with Crippen LogP contribution in [0.1, 0.15) is 46.0 Å². The van der Waals surface area contributed by atoms with Crippen LogP contribution in [-0.2, 0) is 4.79 Å². The normalized spacial score (nSPS) is 21.8. The van der Waals surface area contributed by atoms with Crippen LogP contribution in [0, 0.1) is 11.8 Å². The Labute approximate surface area is 98.8 Å². The molecule has 3 nitrogen and oxygen atoms in total. The lowest BCUT2D eigenvalue weighted by Gasteiger charge is -2.16. The third-order valence-corrected chi connectivity index (χ3v) is 3.29. The van der Waals surface area contributed by atoms with Crippen molar-refractivity contribution in [3.63, 3.8) is 0 Å². The largest absolute Gasteiger partial charge is 0.481 e. The van der Waals surface area contributed by atoms with Gasteiger partial charge in [0.2, 0.25) is 0 Å². The molecule has 94 valence electrons. The van der Waals surface area contributed by atoms with Crippen molar-refractivity contribution in [1.29, 1.82) is 0 Å². The molecule has 1 heterocycles. The summed E-state index contributed by atoms with van der Waals surface area (Å²) in [5, 5.41) is 8.53. The number of likely N-dealkylation sites (tertiary alicyclic amines) is 1. The monoisotopic (exact) mass is 227 g/mol. The zero-order valence-electron chi connectivity index (χ0n) is 10.6. The van der Waals surface area contributed by atoms with Gasteiger partial charge in [-0.15, -0.1) is 0 Å². The van der Waals surface area contributed by atoms with E-state index in [0.717, 1.165) is 31.2 Å². The molecule has 1 aliphatic heterocycles. The molecule has 1 atom stereocenters. The van der Waals surface area contributed by atoms with E-state index in [9.17, 15) is 4.79 Å². The van der Waals surface area contributed by atoms with Gasteiger partial charge in [-0.1, -0.05) is 13.8 Å². The summed E-state index contributed by atoms with van der Waals surface area (Å²) in [6, 6.07) is 0. The lowest BCUT2D eigenvalue weighted by Crippen LogP contribution is -2.22. The Morgan fingerprint density at radius 3 is 2.81 bits per heavy atom. The van der Waals surface area contributed by atoms with E-state index < -0.39 is 5.97 Å². The lowest BCUT2D eigenvalue weighted by atomic mass is 9.97. The molecule has 1 saturated heterocycles. The maximum atomic E-state index is 10.4. The van der Waals surface area contributed by atoms with Crippen LogP contribution >= 0.6 is 0 Å². The quantitative estimate of drug-likeness (QED) is 0.680. The van der Waals surface area contributed by atoms with Crippen molar-refractivity contribution >= 4 is 5.97 Å². The molecule has 0 saturated carbocycles. The summed E-state index contributed by atoms with van der Waals surface area (Å²) < 4.78 is 0. The fourth-order valence-electron chi connectivity index (χ4n) is 2.59. The summed E-state index contributed by atoms with van der Waals surface area (Å²) in [7, 11) is 0. The number of rotatable bonds is 7. The molecule has 0 amide bonds. The third kappa shape index (κ3) is 5.50. The van der Waals surface area contributed by atoms with Gasteiger partial charge in [-0.05, 0) is 50.6 Å². The van der Waals surface area contributed by atoms with Crippen LogP contribution in [0.2, 0.25) is 0 Å². The number of carboxylic acids is 1. The van der Waals surface area contributed by atoms with E-state index >= 15 is 0 Å². The highest BCUT2D eigenvalue weighted by Crippen LogP contribution is 2.23. The van der Waals surface area contributed by atoms with Crippen LogP contribution in [-0.4, -0.2) is 35.6 Å². The third-order valence-electron chi connectivity index (χ3n) is 3.29. The van der Waals surface area contributed by atoms with Crippen LogP contribution < -0.4 is 0 Å². The molecule has 1 aliphatic rings. The van der Waals surface area contributed by atoms with Crippen LogP contribution in [0.3, 0.4) is 0 Å². The molecular weight excluding hydrogens is 202 g/mol. The van der Waals surface area contributed by atoms with Crippen molar-refractivity contribution in [2.24, 2.45) is 11.8 Å². The predicted octanol–water partition coefficient (Wildman–Crippen LogP) is 2.61. The summed E-state index contributed by atoms with van der Waals surface area (Å²) in [4.78, 5) is 12.9. The number of aliphatic carboxylic acids is 1. The smallest absolute Gasteiger partial charge is 0.303 e. The first-order chi connectivity index (χ1) is 7.58. The van der Waals surface area contributed by atoms with E-state index in [0.29, 0.717) is 6.42 Å². The van der Waals surface area contributed by atoms with Gasteiger partial charge in [0.15, 0.2) is 0 Å². The van der Waals surface area contributed by atoms with Crippen molar-refractivity contribution in [2.45, 2.75) is 46.0 Å². The number of nitrogens with zero attached hydrogens (tertiary/aromatic N) is 1. The van der Waals surface area contributed by atoms with Crippen LogP contribution in [0.4, 0.5) is 0 Å². The van der Waals surface area contributed by atoms with Gasteiger partial charge >= 0.3 is 5.97 Å². The molecule has 1 fully saturated rings. The number of unbranched alkanes of at least 4 members (excludes halogenated alkanes) is 1. The minimum absolute atomic E-state index is 0.323. The van der Waals surface area contributed by atoms with Crippen LogP contribution in [0.15, 0.2) is 0 Å². The highest BCUT2D eigenvalue weighted by molar-refractivity contribution is 5.66. The summed E-state index contributed by atoms with van der Waals surface area (Å²) in [6.07, 6.45) is 4.84. The fraction of sp³-hybridized carbons (Fsp3) is 0.923. The maximum absolute atomic E-state index is 10.4. The van der Waals surface area contributed by atoms with Gasteiger partial charge in [-0.25, -0.2) is 0 Å². The molecule has 16 heavy (non-hydrogen) atoms. The second-order valence-electron chi connectivity index (χ2n) is 5.44. The zero-order valence-corrected chi connectivity index (χ0v) is 10.6. The lowest BCUT2D eigenvalue weighted by molar-refractivity contribution is -0.137. The Morgan fingerprint density at radius 1 is 1.44 bits per heavy atom. The van der Waals surface area contributed by atoms with E-state index in [4.69, 9.17) is 5.11 Å². The highest BCUT2D eigenvalue weighted by atomic mass is 16.4. The van der Waals surface area contributed by atoms with E-state index in [-0.39, 0.29) is 0 Å². The van der Waals surface area contributed by atoms with Crippen LogP contribution in [0.5, 0.6) is 0 Å². The number of hydrogen-bond acceptors (Lipinski definition) is 2. The van der Waals surface area contributed by atoms with Gasteiger partial charge in [0, 0.05) is 13.0 Å². The minimum Gasteiger partial charge on any atom is -0.481 e. The molecule has 3 heteroatoms. The molecule has 0 spiro atoms.